The molecule has 1 aromatic rings. The van der Waals surface area contributed by atoms with Crippen LogP contribution in [0.15, 0.2) is 34.0 Å². The summed E-state index contributed by atoms with van der Waals surface area (Å²) in [6.45, 7) is 3.79. The third-order valence-corrected chi connectivity index (χ3v) is 5.63. The standard InChI is InChI=1S/C15H16N4O3S2/c1-7-5-8(2)18-15(17-7)23-4-3-9-6-24-13-10(16)12(20)19(13)11(9)14(21)22/h3-5,10,13H,6,16H2,1-2H3,(H,21,22)/b4-3+. The predicted molar refractivity (Wildman–Crippen MR) is 92.2 cm³/mol. The van der Waals surface area contributed by atoms with Gasteiger partial charge in [0.25, 0.3) is 0 Å². The molecule has 0 saturated carbocycles. The van der Waals surface area contributed by atoms with E-state index < -0.39 is 12.0 Å². The highest BCUT2D eigenvalue weighted by Gasteiger charge is 2.51. The Bertz CT molecular complexity index is 758. The van der Waals surface area contributed by atoms with Crippen LogP contribution >= 0.6 is 23.5 Å². The van der Waals surface area contributed by atoms with Crippen molar-refractivity contribution in [1.29, 1.82) is 0 Å². The van der Waals surface area contributed by atoms with Gasteiger partial charge < -0.3 is 10.8 Å². The number of thioether (sulfide) groups is 2. The summed E-state index contributed by atoms with van der Waals surface area (Å²) in [5, 5.41) is 11.5. The molecule has 2 unspecified atom stereocenters. The first-order chi connectivity index (χ1) is 11.4. The molecule has 2 aliphatic heterocycles. The average Bonchev–Trinajstić information content (AvgIpc) is 2.52. The highest BCUT2D eigenvalue weighted by molar-refractivity contribution is 8.02. The van der Waals surface area contributed by atoms with Crippen LogP contribution in [0.4, 0.5) is 0 Å². The normalized spacial score (nSPS) is 23.5. The third-order valence-electron chi connectivity index (χ3n) is 3.65. The number of carbonyl (C=O) groups is 2. The molecule has 0 spiro atoms. The van der Waals surface area contributed by atoms with E-state index >= 15 is 0 Å². The summed E-state index contributed by atoms with van der Waals surface area (Å²) in [6, 6.07) is 1.27. The summed E-state index contributed by atoms with van der Waals surface area (Å²) in [5.74, 6) is -0.970. The van der Waals surface area contributed by atoms with E-state index in [1.54, 1.807) is 11.5 Å². The Labute approximate surface area is 147 Å². The molecule has 7 nitrogen and oxygen atoms in total. The molecule has 0 aliphatic carbocycles. The second-order valence-electron chi connectivity index (χ2n) is 5.47. The van der Waals surface area contributed by atoms with Crippen molar-refractivity contribution in [1.82, 2.24) is 14.9 Å². The van der Waals surface area contributed by atoms with Crippen molar-refractivity contribution in [2.45, 2.75) is 30.4 Å². The van der Waals surface area contributed by atoms with Crippen LogP contribution in [-0.2, 0) is 9.59 Å². The van der Waals surface area contributed by atoms with Crippen LogP contribution in [-0.4, -0.2) is 49.0 Å². The van der Waals surface area contributed by atoms with E-state index in [1.807, 2.05) is 19.9 Å². The second kappa shape index (κ2) is 6.58. The first kappa shape index (κ1) is 17.0. The van der Waals surface area contributed by atoms with Gasteiger partial charge in [-0.25, -0.2) is 14.8 Å². The molecule has 0 bridgehead atoms. The maximum absolute atomic E-state index is 11.9. The number of nitrogens with zero attached hydrogens (tertiary/aromatic N) is 3. The number of nitrogens with two attached hydrogens (primary N) is 1. The van der Waals surface area contributed by atoms with Gasteiger partial charge in [-0.3, -0.25) is 9.69 Å². The number of aliphatic carboxylic acids is 1. The Morgan fingerprint density at radius 1 is 1.46 bits per heavy atom. The Balaban J connectivity index is 1.81. The van der Waals surface area contributed by atoms with E-state index in [0.717, 1.165) is 11.4 Å². The quantitative estimate of drug-likeness (QED) is 0.467. The Hall–Kier alpha value is -1.84. The molecule has 3 rings (SSSR count). The smallest absolute Gasteiger partial charge is 0.352 e. The molecule has 1 saturated heterocycles. The summed E-state index contributed by atoms with van der Waals surface area (Å²) in [4.78, 5) is 33.3. The number of carboxylic acids is 1. The number of hydrogen-bond acceptors (Lipinski definition) is 7. The summed E-state index contributed by atoms with van der Waals surface area (Å²) in [6.07, 6.45) is 1.70. The van der Waals surface area contributed by atoms with Gasteiger partial charge in [-0.05, 0) is 37.0 Å². The molecule has 2 aliphatic rings. The lowest BCUT2D eigenvalue weighted by Gasteiger charge is -2.47. The summed E-state index contributed by atoms with van der Waals surface area (Å²) >= 11 is 2.78. The van der Waals surface area contributed by atoms with E-state index in [4.69, 9.17) is 5.73 Å². The van der Waals surface area contributed by atoms with Crippen LogP contribution in [0, 0.1) is 13.8 Å². The summed E-state index contributed by atoms with van der Waals surface area (Å²) in [5.41, 5.74) is 8.07. The van der Waals surface area contributed by atoms with Crippen LogP contribution in [0.3, 0.4) is 0 Å². The van der Waals surface area contributed by atoms with Gasteiger partial charge in [-0.2, -0.15) is 0 Å². The lowest BCUT2D eigenvalue weighted by molar-refractivity contribution is -0.147. The van der Waals surface area contributed by atoms with Gasteiger partial charge >= 0.3 is 5.97 Å². The van der Waals surface area contributed by atoms with Gasteiger partial charge in [0.2, 0.25) is 5.91 Å². The van der Waals surface area contributed by atoms with Gasteiger partial charge in [-0.1, -0.05) is 11.8 Å². The topological polar surface area (TPSA) is 109 Å². The van der Waals surface area contributed by atoms with Crippen LogP contribution in [0.5, 0.6) is 0 Å². The monoisotopic (exact) mass is 364 g/mol. The molecule has 126 valence electrons. The van der Waals surface area contributed by atoms with E-state index in [9.17, 15) is 14.7 Å². The number of rotatable bonds is 4. The van der Waals surface area contributed by atoms with Gasteiger partial charge in [0, 0.05) is 17.1 Å². The first-order valence-electron chi connectivity index (χ1n) is 7.20. The van der Waals surface area contributed by atoms with E-state index in [0.29, 0.717) is 16.5 Å². The second-order valence-corrected chi connectivity index (χ2v) is 7.45. The molecule has 2 atom stereocenters. The summed E-state index contributed by atoms with van der Waals surface area (Å²) < 4.78 is 0. The number of carboxylic acid groups (broad SMARTS) is 1. The van der Waals surface area contributed by atoms with Gasteiger partial charge in [0.1, 0.15) is 17.1 Å². The van der Waals surface area contributed by atoms with Gasteiger partial charge in [0.15, 0.2) is 5.16 Å². The molecule has 0 radical (unpaired) electrons. The van der Waals surface area contributed by atoms with Gasteiger partial charge in [0.05, 0.1) is 0 Å². The number of amides is 1. The molecule has 0 aromatic carbocycles. The number of carbonyl (C=O) groups excluding carboxylic acids is 1. The van der Waals surface area contributed by atoms with Crippen molar-refractivity contribution in [2.75, 3.05) is 5.75 Å². The molecule has 1 aromatic heterocycles. The van der Waals surface area contributed by atoms with E-state index in [1.165, 1.54) is 28.4 Å². The maximum atomic E-state index is 11.9. The third kappa shape index (κ3) is 3.06. The minimum atomic E-state index is -1.12. The fraction of sp³-hybridized carbons (Fsp3) is 0.333. The zero-order valence-corrected chi connectivity index (χ0v) is 14.7. The highest BCUT2D eigenvalue weighted by atomic mass is 32.2. The van der Waals surface area contributed by atoms with Crippen molar-refractivity contribution in [3.8, 4) is 0 Å². The first-order valence-corrected chi connectivity index (χ1v) is 9.13. The number of aryl methyl sites for hydroxylation is 2. The molecule has 3 heterocycles. The lowest BCUT2D eigenvalue weighted by Crippen LogP contribution is -2.68. The van der Waals surface area contributed by atoms with Crippen LogP contribution in [0.1, 0.15) is 11.4 Å². The Kier molecular flexibility index (Phi) is 4.66. The molecule has 9 heteroatoms. The van der Waals surface area contributed by atoms with E-state index in [-0.39, 0.29) is 17.0 Å². The number of fused-ring (bicyclic) bond motifs is 1. The zero-order chi connectivity index (χ0) is 17.4. The highest BCUT2D eigenvalue weighted by Crippen LogP contribution is 2.39. The van der Waals surface area contributed by atoms with Crippen LogP contribution in [0.2, 0.25) is 0 Å². The fourth-order valence-electron chi connectivity index (χ4n) is 2.59. The molecule has 3 N–H and O–H groups in total. The molecule has 1 amide bonds. The van der Waals surface area contributed by atoms with Crippen molar-refractivity contribution in [3.63, 3.8) is 0 Å². The number of allylic oxidation sites excluding steroid dienone is 1. The average molecular weight is 364 g/mol. The molecular weight excluding hydrogens is 348 g/mol. The summed E-state index contributed by atoms with van der Waals surface area (Å²) in [7, 11) is 0. The van der Waals surface area contributed by atoms with Crippen molar-refractivity contribution in [2.24, 2.45) is 5.73 Å². The van der Waals surface area contributed by atoms with Crippen molar-refractivity contribution >= 4 is 35.4 Å². The fourth-order valence-corrected chi connectivity index (χ4v) is 4.60. The molecule has 24 heavy (non-hydrogen) atoms. The Morgan fingerprint density at radius 2 is 2.12 bits per heavy atom. The van der Waals surface area contributed by atoms with Crippen molar-refractivity contribution < 1.29 is 14.7 Å². The molecule has 1 fully saturated rings. The predicted octanol–water partition coefficient (Wildman–Crippen LogP) is 1.28. The number of hydrogen-bond donors (Lipinski definition) is 2. The SMILES string of the molecule is Cc1cc(C)nc(S/C=C/C2=C(C(=O)O)N3C(=O)C(N)C3SC2)n1. The minimum absolute atomic E-state index is 0.0173. The number of aromatic nitrogens is 2. The molecular formula is C15H16N4O3S2. The largest absolute Gasteiger partial charge is 0.477 e. The maximum Gasteiger partial charge on any atom is 0.352 e. The van der Waals surface area contributed by atoms with Crippen molar-refractivity contribution in [3.05, 3.63) is 40.2 Å². The number of β-lactam (4-membered cyclic amide) rings is 1. The van der Waals surface area contributed by atoms with Crippen LogP contribution < -0.4 is 5.73 Å². The Morgan fingerprint density at radius 3 is 2.75 bits per heavy atom. The lowest BCUT2D eigenvalue weighted by atomic mass is 10.0. The minimum Gasteiger partial charge on any atom is -0.477 e. The zero-order valence-electron chi connectivity index (χ0n) is 13.1. The van der Waals surface area contributed by atoms with E-state index in [2.05, 4.69) is 9.97 Å². The van der Waals surface area contributed by atoms with Gasteiger partial charge in [-0.15, -0.1) is 11.8 Å². The van der Waals surface area contributed by atoms with Crippen LogP contribution in [0.25, 0.3) is 0 Å².